The Kier molecular flexibility index (Phi) is 9.70. The lowest BCUT2D eigenvalue weighted by molar-refractivity contribution is -0.137. The molecule has 47 heavy (non-hydrogen) atoms. The lowest BCUT2D eigenvalue weighted by atomic mass is 9.53. The molecule has 3 aliphatic heterocycles. The van der Waals surface area contributed by atoms with E-state index in [0.29, 0.717) is 57.7 Å². The van der Waals surface area contributed by atoms with Gasteiger partial charge in [0.15, 0.2) is 8.32 Å². The number of rotatable bonds is 7. The van der Waals surface area contributed by atoms with E-state index in [9.17, 15) is 18.1 Å². The molecule has 2 spiro atoms. The Balaban J connectivity index is 1.55. The van der Waals surface area contributed by atoms with Crippen molar-refractivity contribution in [3.8, 4) is 0 Å². The molecular weight excluding hydrogens is 623 g/mol. The summed E-state index contributed by atoms with van der Waals surface area (Å²) in [6.45, 7) is 16.0. The van der Waals surface area contributed by atoms with E-state index < -0.39 is 37.8 Å². The minimum absolute atomic E-state index is 0.00647. The molecule has 0 bridgehead atoms. The third kappa shape index (κ3) is 6.67. The average Bonchev–Trinajstić information content (AvgIpc) is 3.29. The van der Waals surface area contributed by atoms with Crippen LogP contribution in [0.1, 0.15) is 103 Å². The number of hydrogen-bond acceptors (Lipinski definition) is 6. The fraction of sp³-hybridized carbons (Fsp3) is 0.784. The van der Waals surface area contributed by atoms with Gasteiger partial charge in [-0.1, -0.05) is 51.4 Å². The number of nitroso groups, excluding NO2 is 1. The number of nitrogens with zero attached hydrogens (tertiary/aromatic N) is 1. The zero-order chi connectivity index (χ0) is 33.8. The molecule has 6 rings (SSSR count). The van der Waals surface area contributed by atoms with Gasteiger partial charge in [0.05, 0.1) is 17.3 Å². The maximum Gasteiger partial charge on any atom is 0.416 e. The highest BCUT2D eigenvalue weighted by Crippen LogP contribution is 2.62. The van der Waals surface area contributed by atoms with Crippen molar-refractivity contribution in [2.75, 3.05) is 26.4 Å². The van der Waals surface area contributed by atoms with E-state index >= 15 is 0 Å². The molecule has 0 N–H and O–H groups in total. The van der Waals surface area contributed by atoms with Crippen molar-refractivity contribution in [3.05, 3.63) is 51.4 Å². The second-order valence-electron chi connectivity index (χ2n) is 16.8. The molecule has 262 valence electrons. The van der Waals surface area contributed by atoms with Crippen LogP contribution in [0.15, 0.2) is 40.6 Å². The zero-order valence-electron chi connectivity index (χ0n) is 29.1. The Bertz CT molecular complexity index is 1310. The quantitative estimate of drug-likeness (QED) is 0.163. The maximum absolute atomic E-state index is 13.7. The zero-order valence-corrected chi connectivity index (χ0v) is 30.1. The summed E-state index contributed by atoms with van der Waals surface area (Å²) in [5.41, 5.74) is 1.53. The number of ether oxygens (including phenoxy) is 3. The molecule has 6 nitrogen and oxygen atoms in total. The van der Waals surface area contributed by atoms with Gasteiger partial charge in [-0.3, -0.25) is 0 Å². The van der Waals surface area contributed by atoms with Crippen LogP contribution in [0.2, 0.25) is 18.1 Å². The van der Waals surface area contributed by atoms with Crippen molar-refractivity contribution in [2.24, 2.45) is 28.3 Å². The van der Waals surface area contributed by atoms with Crippen molar-refractivity contribution in [1.82, 2.24) is 0 Å². The average molecular weight is 678 g/mol. The summed E-state index contributed by atoms with van der Waals surface area (Å²) in [5.74, 6) is 0.255. The van der Waals surface area contributed by atoms with Crippen molar-refractivity contribution in [3.63, 3.8) is 0 Å². The molecule has 0 aromatic heterocycles. The Hall–Kier alpha value is -1.59. The predicted octanol–water partition coefficient (Wildman–Crippen LogP) is 9.79. The maximum atomic E-state index is 13.7. The molecule has 5 atom stereocenters. The summed E-state index contributed by atoms with van der Waals surface area (Å²) in [6.07, 6.45) is 3.28. The highest BCUT2D eigenvalue weighted by Gasteiger charge is 2.59. The highest BCUT2D eigenvalue weighted by atomic mass is 28.4. The highest BCUT2D eigenvalue weighted by molar-refractivity contribution is 6.74. The Morgan fingerprint density at radius 2 is 1.55 bits per heavy atom. The second kappa shape index (κ2) is 12.9. The van der Waals surface area contributed by atoms with Crippen LogP contribution in [0.3, 0.4) is 0 Å². The topological polar surface area (TPSA) is 66.4 Å². The van der Waals surface area contributed by atoms with Crippen LogP contribution >= 0.6 is 0 Å². The van der Waals surface area contributed by atoms with Crippen LogP contribution in [0, 0.1) is 28.1 Å². The molecule has 1 aromatic carbocycles. The summed E-state index contributed by atoms with van der Waals surface area (Å²) >= 11 is 0. The first kappa shape index (κ1) is 35.2. The van der Waals surface area contributed by atoms with Gasteiger partial charge < -0.3 is 18.6 Å². The summed E-state index contributed by atoms with van der Waals surface area (Å²) < 4.78 is 67.3. The van der Waals surface area contributed by atoms with E-state index in [-0.39, 0.29) is 34.3 Å². The molecule has 2 aliphatic carbocycles. The van der Waals surface area contributed by atoms with Gasteiger partial charge in [0.1, 0.15) is 12.1 Å². The molecule has 0 amide bonds. The smallest absolute Gasteiger partial charge is 0.413 e. The van der Waals surface area contributed by atoms with E-state index in [1.54, 1.807) is 0 Å². The predicted molar refractivity (Wildman–Crippen MR) is 178 cm³/mol. The number of halogens is 3. The molecule has 5 aliphatic rings. The normalized spacial score (nSPS) is 30.8. The molecule has 4 fully saturated rings. The largest absolute Gasteiger partial charge is 0.416 e. The fourth-order valence-corrected chi connectivity index (χ4v) is 10.6. The molecule has 2 saturated heterocycles. The van der Waals surface area contributed by atoms with Crippen molar-refractivity contribution < 1.29 is 31.8 Å². The van der Waals surface area contributed by atoms with Crippen LogP contribution in [-0.4, -0.2) is 52.5 Å². The lowest BCUT2D eigenvalue weighted by Crippen LogP contribution is -2.55. The first-order chi connectivity index (χ1) is 22.1. The summed E-state index contributed by atoms with van der Waals surface area (Å²) in [7, 11) is -2.22. The molecule has 3 heterocycles. The van der Waals surface area contributed by atoms with Gasteiger partial charge in [-0.05, 0) is 103 Å². The van der Waals surface area contributed by atoms with E-state index in [4.69, 9.17) is 18.6 Å². The van der Waals surface area contributed by atoms with E-state index in [2.05, 4.69) is 46.0 Å². The third-order valence-electron chi connectivity index (χ3n) is 12.8. The molecule has 2 saturated carbocycles. The summed E-state index contributed by atoms with van der Waals surface area (Å²) in [4.78, 5) is 13.2. The van der Waals surface area contributed by atoms with Gasteiger partial charge in [-0.15, -0.1) is 0 Å². The standard InChI is InChI=1S/C37H54F3NO5Si/c1-24-22-35(14-7-15-35)23-28(46-47(5,6)34(2,3)4)29(24)31-30(32(41-42)25-12-18-43-19-13-25)33(45-36(31)16-20-44-21-17-36)26-8-10-27(11-9-26)37(38,39)40/h8-11,24-25,28-29,32-33H,7,12-23H2,1-6H3. The van der Waals surface area contributed by atoms with E-state index in [1.807, 2.05) is 0 Å². The first-order valence-electron chi connectivity index (χ1n) is 17.8. The number of benzene rings is 1. The van der Waals surface area contributed by atoms with Crippen LogP contribution in [0.4, 0.5) is 13.2 Å². The molecule has 0 radical (unpaired) electrons. The number of hydrogen-bond donors (Lipinski definition) is 0. The van der Waals surface area contributed by atoms with E-state index in [0.717, 1.165) is 36.1 Å². The monoisotopic (exact) mass is 677 g/mol. The second-order valence-corrected chi connectivity index (χ2v) is 21.5. The minimum Gasteiger partial charge on any atom is -0.413 e. The SMILES string of the molecule is CC1CC2(CCC2)CC(O[Si](C)(C)C(C)(C)C)C1C1=C(C(N=O)C2CCOCC2)C(c2ccc(C(F)(F)F)cc2)OC12CCOCC2. The van der Waals surface area contributed by atoms with Gasteiger partial charge in [-0.2, -0.15) is 18.1 Å². The molecule has 5 unspecified atom stereocenters. The van der Waals surface area contributed by atoms with Crippen molar-refractivity contribution in [2.45, 2.75) is 134 Å². The van der Waals surface area contributed by atoms with Gasteiger partial charge in [0.25, 0.3) is 0 Å². The fourth-order valence-electron chi connectivity index (χ4n) is 9.22. The third-order valence-corrected chi connectivity index (χ3v) is 17.3. The van der Waals surface area contributed by atoms with Crippen LogP contribution < -0.4 is 0 Å². The van der Waals surface area contributed by atoms with Crippen LogP contribution in [0.5, 0.6) is 0 Å². The van der Waals surface area contributed by atoms with Gasteiger partial charge in [-0.25, -0.2) is 0 Å². The number of alkyl halides is 3. The Morgan fingerprint density at radius 3 is 2.09 bits per heavy atom. The Labute approximate surface area is 279 Å². The first-order valence-corrected chi connectivity index (χ1v) is 20.8. The summed E-state index contributed by atoms with van der Waals surface area (Å²) in [5, 5.41) is 3.90. The van der Waals surface area contributed by atoms with Crippen LogP contribution in [-0.2, 0) is 24.8 Å². The summed E-state index contributed by atoms with van der Waals surface area (Å²) in [6, 6.07) is 4.67. The lowest BCUT2D eigenvalue weighted by Gasteiger charge is -2.56. The van der Waals surface area contributed by atoms with Gasteiger partial charge >= 0.3 is 6.18 Å². The van der Waals surface area contributed by atoms with Crippen molar-refractivity contribution in [1.29, 1.82) is 0 Å². The van der Waals surface area contributed by atoms with Gasteiger partial charge in [0, 0.05) is 45.2 Å². The Morgan fingerprint density at radius 1 is 0.936 bits per heavy atom. The molecule has 1 aromatic rings. The van der Waals surface area contributed by atoms with E-state index in [1.165, 1.54) is 31.4 Å². The van der Waals surface area contributed by atoms with Gasteiger partial charge in [0.2, 0.25) is 0 Å². The molecule has 10 heteroatoms. The minimum atomic E-state index is -4.45. The van der Waals surface area contributed by atoms with Crippen molar-refractivity contribution >= 4 is 8.32 Å². The van der Waals surface area contributed by atoms with Crippen LogP contribution in [0.25, 0.3) is 0 Å². The molecular formula is C37H54F3NO5Si.